The average Bonchev–Trinajstić information content (AvgIpc) is 2.71. The zero-order valence-corrected chi connectivity index (χ0v) is 16.5. The lowest BCUT2D eigenvalue weighted by Gasteiger charge is -2.23. The number of rotatable bonds is 7. The number of anilines is 3. The lowest BCUT2D eigenvalue weighted by molar-refractivity contribution is -0.116. The van der Waals surface area contributed by atoms with Gasteiger partial charge in [-0.3, -0.25) is 4.79 Å². The van der Waals surface area contributed by atoms with Gasteiger partial charge in [0.15, 0.2) is 5.16 Å². The van der Waals surface area contributed by atoms with Crippen molar-refractivity contribution in [3.8, 4) is 5.75 Å². The minimum absolute atomic E-state index is 0.0659. The van der Waals surface area contributed by atoms with Crippen molar-refractivity contribution in [1.29, 1.82) is 0 Å². The van der Waals surface area contributed by atoms with Gasteiger partial charge in [-0.1, -0.05) is 23.9 Å². The minimum Gasteiger partial charge on any atom is -0.497 e. The molecule has 4 N–H and O–H groups in total. The Morgan fingerprint density at radius 1 is 1.07 bits per heavy atom. The first kappa shape index (κ1) is 20.4. The molecule has 1 aromatic heterocycles. The van der Waals surface area contributed by atoms with E-state index in [0.717, 1.165) is 23.1 Å². The van der Waals surface area contributed by atoms with Crippen molar-refractivity contribution in [2.75, 3.05) is 29.2 Å². The number of hydrogen-bond acceptors (Lipinski definition) is 7. The molecule has 7 nitrogen and oxygen atoms in total. The highest BCUT2D eigenvalue weighted by atomic mass is 32.2. The molecule has 3 aromatic rings. The van der Waals surface area contributed by atoms with E-state index in [0.29, 0.717) is 17.4 Å². The normalized spacial score (nSPS) is 10.6. The number of amides is 1. The molecule has 1 amide bonds. The van der Waals surface area contributed by atoms with Crippen LogP contribution in [0.4, 0.5) is 21.7 Å². The Kier molecular flexibility index (Phi) is 6.50. The maximum atomic E-state index is 13.3. The summed E-state index contributed by atoms with van der Waals surface area (Å²) in [7, 11) is 1.59. The molecular weight excluding hydrogens is 393 g/mol. The molecule has 9 heteroatoms. The molecule has 1 heterocycles. The molecule has 3 rings (SSSR count). The summed E-state index contributed by atoms with van der Waals surface area (Å²) >= 11 is 1.13. The average molecular weight is 413 g/mol. The Hall–Kier alpha value is -3.33. The van der Waals surface area contributed by atoms with Crippen LogP contribution in [0.15, 0.2) is 59.8 Å². The number of nitrogens with two attached hydrogens (primary N) is 2. The molecule has 2 aromatic carbocycles. The van der Waals surface area contributed by atoms with E-state index in [1.54, 1.807) is 24.1 Å². The lowest BCUT2D eigenvalue weighted by Crippen LogP contribution is -2.32. The van der Waals surface area contributed by atoms with Gasteiger partial charge in [0.1, 0.15) is 23.2 Å². The second-order valence-corrected chi connectivity index (χ2v) is 7.04. The van der Waals surface area contributed by atoms with Crippen LogP contribution in [0.25, 0.3) is 0 Å². The third kappa shape index (κ3) is 5.58. The Morgan fingerprint density at radius 3 is 2.28 bits per heavy atom. The molecule has 0 fully saturated rings. The van der Waals surface area contributed by atoms with Crippen molar-refractivity contribution in [2.45, 2.75) is 11.7 Å². The number of carbonyl (C=O) groups excluding carboxylic acids is 1. The van der Waals surface area contributed by atoms with Crippen LogP contribution in [0.3, 0.4) is 0 Å². The first-order valence-electron chi connectivity index (χ1n) is 8.66. The van der Waals surface area contributed by atoms with Crippen LogP contribution in [0.1, 0.15) is 5.56 Å². The van der Waals surface area contributed by atoms with E-state index in [-0.39, 0.29) is 29.1 Å². The number of carbonyl (C=O) groups is 1. The Bertz CT molecular complexity index is 963. The summed E-state index contributed by atoms with van der Waals surface area (Å²) in [5, 5.41) is 0.319. The molecule has 150 valence electrons. The van der Waals surface area contributed by atoms with E-state index in [1.165, 1.54) is 18.2 Å². The molecule has 0 saturated carbocycles. The standard InChI is InChI=1S/C20H20FN5O2S/c1-28-16-8-2-13(3-9-16)11-26(15-6-4-14(21)5-7-15)19(27)12-29-20-24-17(22)10-18(23)25-20/h2-10H,11-12H2,1H3,(H4,22,23,24,25). The minimum atomic E-state index is -0.372. The first-order chi connectivity index (χ1) is 13.9. The molecule has 0 saturated heterocycles. The number of aromatic nitrogens is 2. The van der Waals surface area contributed by atoms with Crippen LogP contribution in [-0.2, 0) is 11.3 Å². The van der Waals surface area contributed by atoms with Crippen LogP contribution >= 0.6 is 11.8 Å². The SMILES string of the molecule is COc1ccc(CN(C(=O)CSc2nc(N)cc(N)n2)c2ccc(F)cc2)cc1. The summed E-state index contributed by atoms with van der Waals surface area (Å²) in [5.74, 6) is 0.698. The van der Waals surface area contributed by atoms with Crippen LogP contribution in [0, 0.1) is 5.82 Å². The molecule has 0 radical (unpaired) electrons. The fourth-order valence-electron chi connectivity index (χ4n) is 2.59. The van der Waals surface area contributed by atoms with Crippen molar-refractivity contribution >= 4 is 35.0 Å². The lowest BCUT2D eigenvalue weighted by atomic mass is 10.2. The zero-order valence-electron chi connectivity index (χ0n) is 15.7. The van der Waals surface area contributed by atoms with Gasteiger partial charge in [-0.25, -0.2) is 14.4 Å². The number of benzene rings is 2. The zero-order chi connectivity index (χ0) is 20.8. The second-order valence-electron chi connectivity index (χ2n) is 6.09. The summed E-state index contributed by atoms with van der Waals surface area (Å²) in [6.07, 6.45) is 0. The van der Waals surface area contributed by atoms with Crippen molar-refractivity contribution in [3.63, 3.8) is 0 Å². The van der Waals surface area contributed by atoms with E-state index in [4.69, 9.17) is 16.2 Å². The highest BCUT2D eigenvalue weighted by Gasteiger charge is 2.18. The summed E-state index contributed by atoms with van der Waals surface area (Å²) in [5.41, 5.74) is 12.8. The van der Waals surface area contributed by atoms with Crippen molar-refractivity contribution in [1.82, 2.24) is 9.97 Å². The van der Waals surface area contributed by atoms with Crippen molar-refractivity contribution in [2.24, 2.45) is 0 Å². The monoisotopic (exact) mass is 413 g/mol. The maximum absolute atomic E-state index is 13.3. The Morgan fingerprint density at radius 2 is 1.69 bits per heavy atom. The maximum Gasteiger partial charge on any atom is 0.237 e. The van der Waals surface area contributed by atoms with Crippen LogP contribution in [0.2, 0.25) is 0 Å². The summed E-state index contributed by atoms with van der Waals surface area (Å²) in [4.78, 5) is 22.7. The van der Waals surface area contributed by atoms with Gasteiger partial charge in [-0.15, -0.1) is 0 Å². The summed E-state index contributed by atoms with van der Waals surface area (Å²) in [6, 6.07) is 14.6. The van der Waals surface area contributed by atoms with E-state index in [9.17, 15) is 9.18 Å². The van der Waals surface area contributed by atoms with Gasteiger partial charge in [0.25, 0.3) is 0 Å². The quantitative estimate of drug-likeness (QED) is 0.453. The highest BCUT2D eigenvalue weighted by molar-refractivity contribution is 7.99. The van der Waals surface area contributed by atoms with Gasteiger partial charge in [-0.2, -0.15) is 0 Å². The number of thioether (sulfide) groups is 1. The van der Waals surface area contributed by atoms with Crippen LogP contribution in [0.5, 0.6) is 5.75 Å². The van der Waals surface area contributed by atoms with Gasteiger partial charge in [0.05, 0.1) is 19.4 Å². The predicted octanol–water partition coefficient (Wildman–Crippen LogP) is 3.11. The van der Waals surface area contributed by atoms with E-state index in [2.05, 4.69) is 9.97 Å². The third-order valence-electron chi connectivity index (χ3n) is 4.01. The number of ether oxygens (including phenoxy) is 1. The molecule has 0 bridgehead atoms. The smallest absolute Gasteiger partial charge is 0.237 e. The van der Waals surface area contributed by atoms with Gasteiger partial charge < -0.3 is 21.1 Å². The molecular formula is C20H20FN5O2S. The number of nitrogen functional groups attached to an aromatic ring is 2. The van der Waals surface area contributed by atoms with Gasteiger partial charge >= 0.3 is 0 Å². The first-order valence-corrected chi connectivity index (χ1v) is 9.65. The molecule has 0 aliphatic carbocycles. The van der Waals surface area contributed by atoms with E-state index >= 15 is 0 Å². The number of methoxy groups -OCH3 is 1. The van der Waals surface area contributed by atoms with E-state index in [1.807, 2.05) is 24.3 Å². The number of hydrogen-bond donors (Lipinski definition) is 2. The van der Waals surface area contributed by atoms with E-state index < -0.39 is 0 Å². The topological polar surface area (TPSA) is 107 Å². The fourth-order valence-corrected chi connectivity index (χ4v) is 3.34. The van der Waals surface area contributed by atoms with Gasteiger partial charge in [0, 0.05) is 11.8 Å². The molecule has 0 atom stereocenters. The van der Waals surface area contributed by atoms with Crippen LogP contribution in [-0.4, -0.2) is 28.7 Å². The van der Waals surface area contributed by atoms with Crippen molar-refractivity contribution in [3.05, 3.63) is 66.0 Å². The predicted molar refractivity (Wildman–Crippen MR) is 112 cm³/mol. The molecule has 0 spiro atoms. The van der Waals surface area contributed by atoms with Crippen molar-refractivity contribution < 1.29 is 13.9 Å². The number of nitrogens with zero attached hydrogens (tertiary/aromatic N) is 3. The Labute approximate surface area is 171 Å². The fraction of sp³-hybridized carbons (Fsp3) is 0.150. The largest absolute Gasteiger partial charge is 0.497 e. The van der Waals surface area contributed by atoms with Gasteiger partial charge in [0.2, 0.25) is 5.91 Å². The molecule has 0 unspecified atom stereocenters. The molecule has 29 heavy (non-hydrogen) atoms. The third-order valence-corrected chi connectivity index (χ3v) is 4.84. The number of halogens is 1. The highest BCUT2D eigenvalue weighted by Crippen LogP contribution is 2.23. The summed E-state index contributed by atoms with van der Waals surface area (Å²) in [6.45, 7) is 0.314. The molecule has 0 aliphatic rings. The molecule has 0 aliphatic heterocycles. The summed E-state index contributed by atoms with van der Waals surface area (Å²) < 4.78 is 18.5. The second kappa shape index (κ2) is 9.24. The van der Waals surface area contributed by atoms with Crippen LogP contribution < -0.4 is 21.1 Å². The van der Waals surface area contributed by atoms with Gasteiger partial charge in [-0.05, 0) is 42.0 Å². The Balaban J connectivity index is 1.79.